The topological polar surface area (TPSA) is 29.1 Å². The van der Waals surface area contributed by atoms with Gasteiger partial charge in [-0.1, -0.05) is 52.7 Å². The lowest BCUT2D eigenvalue weighted by molar-refractivity contribution is -0.121. The number of nitrogens with one attached hydrogen (secondary N) is 1. The van der Waals surface area contributed by atoms with E-state index in [1.807, 2.05) is 6.92 Å². The Hall–Kier alpha value is -0.830. The molecule has 100 valence electrons. The molecule has 0 radical (unpaired) electrons. The standard InChI is InChI=1S/C15H22BrNO/c1-11-4-6-14(7-5-11)8-9-15(18)17-13(3)10-12(2)16/h4-7,12-13H,8-10H2,1-3H3,(H,17,18). The Bertz CT molecular complexity index is 373. The van der Waals surface area contributed by atoms with Crippen LogP contribution in [0.25, 0.3) is 0 Å². The van der Waals surface area contributed by atoms with Crippen molar-refractivity contribution in [3.63, 3.8) is 0 Å². The number of halogens is 1. The molecule has 1 rings (SSSR count). The van der Waals surface area contributed by atoms with E-state index < -0.39 is 0 Å². The summed E-state index contributed by atoms with van der Waals surface area (Å²) in [6.07, 6.45) is 2.32. The molecule has 0 saturated carbocycles. The molecule has 0 aliphatic carbocycles. The Labute approximate surface area is 118 Å². The van der Waals surface area contributed by atoms with Gasteiger partial charge in [0.15, 0.2) is 0 Å². The summed E-state index contributed by atoms with van der Waals surface area (Å²) in [6, 6.07) is 8.58. The number of aryl methyl sites for hydroxylation is 2. The first kappa shape index (κ1) is 15.2. The Balaban J connectivity index is 2.30. The molecule has 2 unspecified atom stereocenters. The maximum absolute atomic E-state index is 11.7. The molecule has 1 aromatic carbocycles. The number of carbonyl (C=O) groups excluding carboxylic acids is 1. The lowest BCUT2D eigenvalue weighted by Gasteiger charge is -2.15. The van der Waals surface area contributed by atoms with Gasteiger partial charge in [-0.3, -0.25) is 4.79 Å². The average molecular weight is 312 g/mol. The van der Waals surface area contributed by atoms with Gasteiger partial charge in [0.2, 0.25) is 5.91 Å². The van der Waals surface area contributed by atoms with Gasteiger partial charge in [-0.2, -0.15) is 0 Å². The number of rotatable bonds is 6. The first-order valence-corrected chi connectivity index (χ1v) is 7.38. The Morgan fingerprint density at radius 1 is 1.28 bits per heavy atom. The summed E-state index contributed by atoms with van der Waals surface area (Å²) in [5, 5.41) is 3.02. The Kier molecular flexibility index (Phi) is 6.41. The molecule has 1 amide bonds. The van der Waals surface area contributed by atoms with E-state index in [0.717, 1.165) is 12.8 Å². The third-order valence-corrected chi connectivity index (χ3v) is 3.22. The van der Waals surface area contributed by atoms with E-state index in [1.165, 1.54) is 11.1 Å². The highest BCUT2D eigenvalue weighted by molar-refractivity contribution is 9.09. The van der Waals surface area contributed by atoms with Crippen LogP contribution >= 0.6 is 15.9 Å². The third kappa shape index (κ3) is 6.20. The molecule has 0 aliphatic heterocycles. The van der Waals surface area contributed by atoms with Crippen molar-refractivity contribution in [2.24, 2.45) is 0 Å². The van der Waals surface area contributed by atoms with Gasteiger partial charge in [-0.25, -0.2) is 0 Å². The van der Waals surface area contributed by atoms with Gasteiger partial charge in [0, 0.05) is 17.3 Å². The van der Waals surface area contributed by atoms with E-state index in [4.69, 9.17) is 0 Å². The third-order valence-electron chi connectivity index (χ3n) is 2.85. The van der Waals surface area contributed by atoms with Crippen LogP contribution in [-0.4, -0.2) is 16.8 Å². The number of hydrogen-bond donors (Lipinski definition) is 1. The van der Waals surface area contributed by atoms with Crippen LogP contribution in [-0.2, 0) is 11.2 Å². The van der Waals surface area contributed by atoms with Gasteiger partial charge < -0.3 is 5.32 Å². The molecule has 0 fully saturated rings. The molecule has 2 atom stereocenters. The summed E-state index contributed by atoms with van der Waals surface area (Å²) < 4.78 is 0. The number of carbonyl (C=O) groups is 1. The van der Waals surface area contributed by atoms with Crippen LogP contribution in [0.5, 0.6) is 0 Å². The van der Waals surface area contributed by atoms with E-state index in [9.17, 15) is 4.79 Å². The summed E-state index contributed by atoms with van der Waals surface area (Å²) in [5.41, 5.74) is 2.47. The average Bonchev–Trinajstić information content (AvgIpc) is 2.27. The molecule has 0 aliphatic rings. The fourth-order valence-electron chi connectivity index (χ4n) is 1.91. The zero-order valence-electron chi connectivity index (χ0n) is 11.4. The predicted octanol–water partition coefficient (Wildman–Crippen LogP) is 3.61. The van der Waals surface area contributed by atoms with Crippen LogP contribution in [0.3, 0.4) is 0 Å². The minimum absolute atomic E-state index is 0.135. The van der Waals surface area contributed by atoms with Crippen molar-refractivity contribution in [3.8, 4) is 0 Å². The number of amides is 1. The van der Waals surface area contributed by atoms with Crippen LogP contribution in [0.15, 0.2) is 24.3 Å². The van der Waals surface area contributed by atoms with Crippen molar-refractivity contribution in [3.05, 3.63) is 35.4 Å². The molecule has 0 aromatic heterocycles. The van der Waals surface area contributed by atoms with Crippen LogP contribution < -0.4 is 5.32 Å². The van der Waals surface area contributed by atoms with Gasteiger partial charge in [0.25, 0.3) is 0 Å². The van der Waals surface area contributed by atoms with Crippen molar-refractivity contribution in [1.29, 1.82) is 0 Å². The van der Waals surface area contributed by atoms with E-state index in [0.29, 0.717) is 11.2 Å². The van der Waals surface area contributed by atoms with Gasteiger partial charge in [0.1, 0.15) is 0 Å². The lowest BCUT2D eigenvalue weighted by atomic mass is 10.1. The molecular weight excluding hydrogens is 290 g/mol. The zero-order chi connectivity index (χ0) is 13.5. The maximum atomic E-state index is 11.7. The van der Waals surface area contributed by atoms with E-state index >= 15 is 0 Å². The van der Waals surface area contributed by atoms with Crippen LogP contribution in [0.1, 0.15) is 37.8 Å². The van der Waals surface area contributed by atoms with Crippen LogP contribution in [0.4, 0.5) is 0 Å². The first-order valence-electron chi connectivity index (χ1n) is 6.46. The quantitative estimate of drug-likeness (QED) is 0.799. The molecule has 2 nitrogen and oxygen atoms in total. The smallest absolute Gasteiger partial charge is 0.220 e. The van der Waals surface area contributed by atoms with Gasteiger partial charge in [-0.15, -0.1) is 0 Å². The van der Waals surface area contributed by atoms with Crippen molar-refractivity contribution in [2.75, 3.05) is 0 Å². The van der Waals surface area contributed by atoms with E-state index in [-0.39, 0.29) is 11.9 Å². The number of alkyl halides is 1. The Morgan fingerprint density at radius 2 is 1.89 bits per heavy atom. The fourth-order valence-corrected chi connectivity index (χ4v) is 2.47. The van der Waals surface area contributed by atoms with Crippen molar-refractivity contribution < 1.29 is 4.79 Å². The molecule has 1 N–H and O–H groups in total. The normalized spacial score (nSPS) is 14.0. The summed E-state index contributed by atoms with van der Waals surface area (Å²) in [5.74, 6) is 0.135. The maximum Gasteiger partial charge on any atom is 0.220 e. The summed E-state index contributed by atoms with van der Waals surface area (Å²) in [7, 11) is 0. The van der Waals surface area contributed by atoms with Gasteiger partial charge >= 0.3 is 0 Å². The minimum atomic E-state index is 0.135. The van der Waals surface area contributed by atoms with Crippen molar-refractivity contribution in [2.45, 2.75) is 50.9 Å². The second-order valence-electron chi connectivity index (χ2n) is 4.97. The summed E-state index contributed by atoms with van der Waals surface area (Å²) >= 11 is 3.50. The second-order valence-corrected chi connectivity index (χ2v) is 6.53. The van der Waals surface area contributed by atoms with Gasteiger partial charge in [0.05, 0.1) is 0 Å². The molecule has 18 heavy (non-hydrogen) atoms. The molecule has 0 saturated heterocycles. The summed E-state index contributed by atoms with van der Waals surface area (Å²) in [6.45, 7) is 6.20. The van der Waals surface area contributed by atoms with Crippen molar-refractivity contribution in [1.82, 2.24) is 5.32 Å². The van der Waals surface area contributed by atoms with Crippen LogP contribution in [0.2, 0.25) is 0 Å². The van der Waals surface area contributed by atoms with Crippen LogP contribution in [0, 0.1) is 6.92 Å². The predicted molar refractivity (Wildman–Crippen MR) is 80.1 cm³/mol. The monoisotopic (exact) mass is 311 g/mol. The highest BCUT2D eigenvalue weighted by Crippen LogP contribution is 2.08. The van der Waals surface area contributed by atoms with E-state index in [2.05, 4.69) is 59.4 Å². The highest BCUT2D eigenvalue weighted by Gasteiger charge is 2.09. The first-order chi connectivity index (χ1) is 8.47. The largest absolute Gasteiger partial charge is 0.354 e. The number of benzene rings is 1. The molecule has 0 heterocycles. The Morgan fingerprint density at radius 3 is 2.44 bits per heavy atom. The fraction of sp³-hybridized carbons (Fsp3) is 0.533. The molecular formula is C15H22BrNO. The minimum Gasteiger partial charge on any atom is -0.354 e. The molecule has 0 spiro atoms. The molecule has 1 aromatic rings. The highest BCUT2D eigenvalue weighted by atomic mass is 79.9. The molecule has 3 heteroatoms. The SMILES string of the molecule is Cc1ccc(CCC(=O)NC(C)CC(C)Br)cc1. The second kappa shape index (κ2) is 7.57. The molecule has 0 bridgehead atoms. The number of hydrogen-bond acceptors (Lipinski definition) is 1. The summed E-state index contributed by atoms with van der Waals surface area (Å²) in [4.78, 5) is 12.2. The van der Waals surface area contributed by atoms with E-state index in [1.54, 1.807) is 0 Å². The van der Waals surface area contributed by atoms with Crippen molar-refractivity contribution >= 4 is 21.8 Å². The van der Waals surface area contributed by atoms with Gasteiger partial charge in [-0.05, 0) is 32.3 Å². The zero-order valence-corrected chi connectivity index (χ0v) is 13.0. The lowest BCUT2D eigenvalue weighted by Crippen LogP contribution is -2.33.